The zero-order valence-corrected chi connectivity index (χ0v) is 13.4. The summed E-state index contributed by atoms with van der Waals surface area (Å²) in [6.07, 6.45) is 4.57. The van der Waals surface area contributed by atoms with Gasteiger partial charge < -0.3 is 10.1 Å². The maximum absolute atomic E-state index is 5.51. The standard InChI is InChI=1S/C16H19BrN2O/c1-3-19-15(10-12-6-8-18-9-7-12)14-5-4-13(17)11-16(14)20-2/h4-9,11,15,19H,3,10H2,1-2H3. The van der Waals surface area contributed by atoms with Gasteiger partial charge in [-0.15, -0.1) is 0 Å². The van der Waals surface area contributed by atoms with Gasteiger partial charge in [0.25, 0.3) is 0 Å². The second-order valence-corrected chi connectivity index (χ2v) is 5.47. The van der Waals surface area contributed by atoms with Crippen molar-refractivity contribution in [3.05, 3.63) is 58.3 Å². The lowest BCUT2D eigenvalue weighted by molar-refractivity contribution is 0.399. The van der Waals surface area contributed by atoms with Gasteiger partial charge in [-0.2, -0.15) is 0 Å². The maximum atomic E-state index is 5.51. The number of hydrogen-bond acceptors (Lipinski definition) is 3. The summed E-state index contributed by atoms with van der Waals surface area (Å²) in [5.74, 6) is 0.902. The third-order valence-corrected chi connectivity index (χ3v) is 3.70. The van der Waals surface area contributed by atoms with Gasteiger partial charge in [0.05, 0.1) is 7.11 Å². The Hall–Kier alpha value is -1.39. The van der Waals surface area contributed by atoms with E-state index in [4.69, 9.17) is 4.74 Å². The number of pyridine rings is 1. The number of hydrogen-bond donors (Lipinski definition) is 1. The summed E-state index contributed by atoms with van der Waals surface area (Å²) < 4.78 is 6.53. The molecular weight excluding hydrogens is 316 g/mol. The smallest absolute Gasteiger partial charge is 0.124 e. The van der Waals surface area contributed by atoms with Crippen molar-refractivity contribution in [2.45, 2.75) is 19.4 Å². The highest BCUT2D eigenvalue weighted by atomic mass is 79.9. The van der Waals surface area contributed by atoms with Crippen LogP contribution in [-0.4, -0.2) is 18.6 Å². The molecule has 4 heteroatoms. The minimum atomic E-state index is 0.227. The van der Waals surface area contributed by atoms with Crippen molar-refractivity contribution in [1.29, 1.82) is 0 Å². The van der Waals surface area contributed by atoms with Crippen LogP contribution in [0.3, 0.4) is 0 Å². The summed E-state index contributed by atoms with van der Waals surface area (Å²) in [5.41, 5.74) is 2.44. The summed E-state index contributed by atoms with van der Waals surface area (Å²) in [7, 11) is 1.71. The van der Waals surface area contributed by atoms with Crippen LogP contribution in [0, 0.1) is 0 Å². The molecule has 0 bridgehead atoms. The topological polar surface area (TPSA) is 34.2 Å². The Bertz CT molecular complexity index is 545. The fourth-order valence-corrected chi connectivity index (χ4v) is 2.61. The lowest BCUT2D eigenvalue weighted by Crippen LogP contribution is -2.23. The molecule has 0 saturated heterocycles. The molecule has 1 atom stereocenters. The minimum absolute atomic E-state index is 0.227. The van der Waals surface area contributed by atoms with Crippen LogP contribution >= 0.6 is 15.9 Å². The van der Waals surface area contributed by atoms with Crippen LogP contribution in [0.2, 0.25) is 0 Å². The second kappa shape index (κ2) is 7.41. The van der Waals surface area contributed by atoms with Gasteiger partial charge in [-0.3, -0.25) is 4.98 Å². The van der Waals surface area contributed by atoms with Gasteiger partial charge in [0.2, 0.25) is 0 Å². The highest BCUT2D eigenvalue weighted by Gasteiger charge is 2.16. The molecule has 1 heterocycles. The highest BCUT2D eigenvalue weighted by Crippen LogP contribution is 2.30. The number of nitrogens with zero attached hydrogens (tertiary/aromatic N) is 1. The first-order chi connectivity index (χ1) is 9.74. The third-order valence-electron chi connectivity index (χ3n) is 3.21. The normalized spacial score (nSPS) is 12.2. The van der Waals surface area contributed by atoms with Crippen molar-refractivity contribution >= 4 is 15.9 Å². The van der Waals surface area contributed by atoms with Crippen molar-refractivity contribution in [3.63, 3.8) is 0 Å². The average molecular weight is 335 g/mol. The van der Waals surface area contributed by atoms with Crippen LogP contribution < -0.4 is 10.1 Å². The fourth-order valence-electron chi connectivity index (χ4n) is 2.27. The van der Waals surface area contributed by atoms with E-state index in [1.165, 1.54) is 11.1 Å². The van der Waals surface area contributed by atoms with Crippen LogP contribution in [-0.2, 0) is 6.42 Å². The molecule has 106 valence electrons. The summed E-state index contributed by atoms with van der Waals surface area (Å²) in [6.45, 7) is 3.03. The van der Waals surface area contributed by atoms with Crippen molar-refractivity contribution < 1.29 is 4.74 Å². The van der Waals surface area contributed by atoms with E-state index in [-0.39, 0.29) is 6.04 Å². The van der Waals surface area contributed by atoms with E-state index in [1.807, 2.05) is 18.5 Å². The Balaban J connectivity index is 2.28. The van der Waals surface area contributed by atoms with Gasteiger partial charge >= 0.3 is 0 Å². The molecule has 0 saturated carbocycles. The fraction of sp³-hybridized carbons (Fsp3) is 0.312. The molecule has 1 N–H and O–H groups in total. The molecule has 2 rings (SSSR count). The third kappa shape index (κ3) is 3.81. The maximum Gasteiger partial charge on any atom is 0.124 e. The Labute approximate surface area is 128 Å². The van der Waals surface area contributed by atoms with Gasteiger partial charge in [-0.05, 0) is 42.8 Å². The number of aromatic nitrogens is 1. The van der Waals surface area contributed by atoms with E-state index in [2.05, 4.69) is 57.4 Å². The number of likely N-dealkylation sites (N-methyl/N-ethyl adjacent to an activating group) is 1. The molecule has 0 aliphatic heterocycles. The van der Waals surface area contributed by atoms with E-state index in [0.717, 1.165) is 23.2 Å². The van der Waals surface area contributed by atoms with Crippen LogP contribution in [0.15, 0.2) is 47.2 Å². The van der Waals surface area contributed by atoms with Gasteiger partial charge in [0.15, 0.2) is 0 Å². The summed E-state index contributed by atoms with van der Waals surface area (Å²) >= 11 is 3.48. The molecule has 0 fully saturated rings. The van der Waals surface area contributed by atoms with Crippen molar-refractivity contribution in [1.82, 2.24) is 10.3 Å². The molecule has 0 aliphatic carbocycles. The molecule has 20 heavy (non-hydrogen) atoms. The summed E-state index contributed by atoms with van der Waals surface area (Å²) in [4.78, 5) is 4.07. The molecule has 1 aromatic carbocycles. The van der Waals surface area contributed by atoms with E-state index < -0.39 is 0 Å². The largest absolute Gasteiger partial charge is 0.496 e. The lowest BCUT2D eigenvalue weighted by atomic mass is 9.98. The van der Waals surface area contributed by atoms with E-state index in [0.29, 0.717) is 0 Å². The monoisotopic (exact) mass is 334 g/mol. The first-order valence-corrected chi connectivity index (χ1v) is 7.49. The Morgan fingerprint density at radius 1 is 1.25 bits per heavy atom. The SMILES string of the molecule is CCNC(Cc1ccncc1)c1ccc(Br)cc1OC. The molecule has 1 unspecified atom stereocenters. The van der Waals surface area contributed by atoms with Crippen molar-refractivity contribution in [2.75, 3.05) is 13.7 Å². The first-order valence-electron chi connectivity index (χ1n) is 6.70. The lowest BCUT2D eigenvalue weighted by Gasteiger charge is -2.21. The predicted molar refractivity (Wildman–Crippen MR) is 85.1 cm³/mol. The Morgan fingerprint density at radius 2 is 2.00 bits per heavy atom. The van der Waals surface area contributed by atoms with Crippen molar-refractivity contribution in [3.8, 4) is 5.75 Å². The molecule has 0 spiro atoms. The first kappa shape index (κ1) is 15.0. The van der Waals surface area contributed by atoms with E-state index in [1.54, 1.807) is 7.11 Å². The van der Waals surface area contributed by atoms with E-state index >= 15 is 0 Å². The van der Waals surface area contributed by atoms with Gasteiger partial charge in [-0.1, -0.05) is 28.9 Å². The van der Waals surface area contributed by atoms with E-state index in [9.17, 15) is 0 Å². The second-order valence-electron chi connectivity index (χ2n) is 4.56. The number of halogens is 1. The van der Waals surface area contributed by atoms with Crippen LogP contribution in [0.4, 0.5) is 0 Å². The van der Waals surface area contributed by atoms with Crippen molar-refractivity contribution in [2.24, 2.45) is 0 Å². The molecular formula is C16H19BrN2O. The zero-order valence-electron chi connectivity index (χ0n) is 11.8. The number of methoxy groups -OCH3 is 1. The quantitative estimate of drug-likeness (QED) is 0.873. The molecule has 0 radical (unpaired) electrons. The zero-order chi connectivity index (χ0) is 14.4. The van der Waals surface area contributed by atoms with Crippen LogP contribution in [0.1, 0.15) is 24.1 Å². The summed E-state index contributed by atoms with van der Waals surface area (Å²) in [6, 6.07) is 10.5. The molecule has 3 nitrogen and oxygen atoms in total. The highest BCUT2D eigenvalue weighted by molar-refractivity contribution is 9.10. The predicted octanol–water partition coefficient (Wildman–Crippen LogP) is 3.75. The average Bonchev–Trinajstić information content (AvgIpc) is 2.48. The molecule has 2 aromatic rings. The molecule has 0 aliphatic rings. The van der Waals surface area contributed by atoms with Gasteiger partial charge in [0.1, 0.15) is 5.75 Å². The minimum Gasteiger partial charge on any atom is -0.496 e. The molecule has 0 amide bonds. The Kier molecular flexibility index (Phi) is 5.56. The number of nitrogens with one attached hydrogen (secondary N) is 1. The Morgan fingerprint density at radius 3 is 2.65 bits per heavy atom. The number of rotatable bonds is 6. The number of benzene rings is 1. The van der Waals surface area contributed by atoms with Crippen LogP contribution in [0.25, 0.3) is 0 Å². The van der Waals surface area contributed by atoms with Gasteiger partial charge in [-0.25, -0.2) is 0 Å². The van der Waals surface area contributed by atoms with Gasteiger partial charge in [0, 0.05) is 28.5 Å². The molecule has 1 aromatic heterocycles. The summed E-state index contributed by atoms with van der Waals surface area (Å²) in [5, 5.41) is 3.53. The number of ether oxygens (including phenoxy) is 1. The van der Waals surface area contributed by atoms with Crippen LogP contribution in [0.5, 0.6) is 5.75 Å².